The summed E-state index contributed by atoms with van der Waals surface area (Å²) in [6.45, 7) is 6.98. The van der Waals surface area contributed by atoms with E-state index in [-0.39, 0.29) is 11.8 Å². The van der Waals surface area contributed by atoms with E-state index < -0.39 is 0 Å². The first-order valence-corrected chi connectivity index (χ1v) is 8.89. The van der Waals surface area contributed by atoms with Crippen LogP contribution in [0.3, 0.4) is 0 Å². The van der Waals surface area contributed by atoms with E-state index in [9.17, 15) is 4.79 Å². The molecule has 0 radical (unpaired) electrons. The molecule has 1 aromatic heterocycles. The van der Waals surface area contributed by atoms with Crippen LogP contribution in [0.5, 0.6) is 0 Å². The molecule has 0 saturated carbocycles. The lowest BCUT2D eigenvalue weighted by Gasteiger charge is -2.26. The van der Waals surface area contributed by atoms with Gasteiger partial charge in [-0.15, -0.1) is 0 Å². The van der Waals surface area contributed by atoms with Crippen molar-refractivity contribution >= 4 is 5.91 Å². The van der Waals surface area contributed by atoms with Crippen molar-refractivity contribution in [2.45, 2.75) is 19.3 Å². The predicted molar refractivity (Wildman–Crippen MR) is 96.6 cm³/mol. The third kappa shape index (κ3) is 5.18. The minimum atomic E-state index is -0.239. The van der Waals surface area contributed by atoms with Crippen LogP contribution in [0.25, 0.3) is 0 Å². The molecule has 0 aliphatic carbocycles. The Morgan fingerprint density at radius 3 is 2.64 bits per heavy atom. The normalized spacial score (nSPS) is 16.5. The highest BCUT2D eigenvalue weighted by Gasteiger charge is 2.22. The van der Waals surface area contributed by atoms with Gasteiger partial charge < -0.3 is 14.5 Å². The monoisotopic (exact) mass is 342 g/mol. The van der Waals surface area contributed by atoms with Crippen LogP contribution < -0.4 is 5.32 Å². The summed E-state index contributed by atoms with van der Waals surface area (Å²) in [5, 5.41) is 3.09. The molecule has 25 heavy (non-hydrogen) atoms. The molecular formula is C20H26N2O3. The van der Waals surface area contributed by atoms with Gasteiger partial charge in [0.05, 0.1) is 25.4 Å². The summed E-state index contributed by atoms with van der Waals surface area (Å²) in [4.78, 5) is 15.1. The molecule has 1 aliphatic rings. The van der Waals surface area contributed by atoms with E-state index in [0.717, 1.165) is 44.2 Å². The topological polar surface area (TPSA) is 54.7 Å². The highest BCUT2D eigenvalue weighted by Crippen LogP contribution is 2.22. The van der Waals surface area contributed by atoms with Crippen LogP contribution in [0.15, 0.2) is 47.1 Å². The highest BCUT2D eigenvalue weighted by molar-refractivity contribution is 5.83. The minimum absolute atomic E-state index is 0.0495. The Morgan fingerprint density at radius 1 is 1.20 bits per heavy atom. The van der Waals surface area contributed by atoms with Gasteiger partial charge in [0.25, 0.3) is 0 Å². The fourth-order valence-electron chi connectivity index (χ4n) is 3.08. The molecule has 2 aromatic rings. The van der Waals surface area contributed by atoms with Gasteiger partial charge in [-0.3, -0.25) is 9.69 Å². The lowest BCUT2D eigenvalue weighted by Crippen LogP contribution is -2.42. The van der Waals surface area contributed by atoms with Crippen molar-refractivity contribution in [2.24, 2.45) is 0 Å². The van der Waals surface area contributed by atoms with Gasteiger partial charge in [-0.1, -0.05) is 29.8 Å². The smallest absolute Gasteiger partial charge is 0.228 e. The number of carbonyl (C=O) groups is 1. The molecule has 134 valence electrons. The number of hydrogen-bond acceptors (Lipinski definition) is 4. The summed E-state index contributed by atoms with van der Waals surface area (Å²) in [6.07, 6.45) is 2.22. The second-order valence-corrected chi connectivity index (χ2v) is 6.49. The van der Waals surface area contributed by atoms with Gasteiger partial charge >= 0.3 is 0 Å². The van der Waals surface area contributed by atoms with Crippen molar-refractivity contribution < 1.29 is 13.9 Å². The van der Waals surface area contributed by atoms with Crippen molar-refractivity contribution in [3.05, 3.63) is 59.5 Å². The fraction of sp³-hybridized carbons (Fsp3) is 0.450. The third-order valence-electron chi connectivity index (χ3n) is 4.61. The maximum Gasteiger partial charge on any atom is 0.228 e. The van der Waals surface area contributed by atoms with Crippen LogP contribution in [-0.4, -0.2) is 50.2 Å². The number of rotatable bonds is 7. The molecule has 1 saturated heterocycles. The first-order valence-electron chi connectivity index (χ1n) is 8.89. The Bertz CT molecular complexity index is 646. The molecule has 1 atom stereocenters. The molecule has 2 heterocycles. The van der Waals surface area contributed by atoms with Gasteiger partial charge in [0, 0.05) is 32.6 Å². The molecule has 5 heteroatoms. The minimum Gasteiger partial charge on any atom is -0.469 e. The maximum atomic E-state index is 12.8. The van der Waals surface area contributed by atoms with E-state index >= 15 is 0 Å². The molecule has 1 unspecified atom stereocenters. The number of ether oxygens (including phenoxy) is 1. The number of furan rings is 1. The number of aryl methyl sites for hydroxylation is 1. The summed E-state index contributed by atoms with van der Waals surface area (Å²) in [5.74, 6) is 0.638. The van der Waals surface area contributed by atoms with Crippen LogP contribution in [0.4, 0.5) is 0 Å². The quantitative estimate of drug-likeness (QED) is 0.839. The molecule has 0 bridgehead atoms. The van der Waals surface area contributed by atoms with Crippen molar-refractivity contribution in [3.8, 4) is 0 Å². The molecular weight excluding hydrogens is 316 g/mol. The second kappa shape index (κ2) is 8.83. The Kier molecular flexibility index (Phi) is 6.25. The van der Waals surface area contributed by atoms with Crippen LogP contribution in [0, 0.1) is 6.92 Å². The van der Waals surface area contributed by atoms with Gasteiger partial charge in [0.1, 0.15) is 5.76 Å². The first-order chi connectivity index (χ1) is 12.2. The van der Waals surface area contributed by atoms with E-state index in [1.165, 1.54) is 5.56 Å². The van der Waals surface area contributed by atoms with E-state index in [0.29, 0.717) is 13.0 Å². The lowest BCUT2D eigenvalue weighted by molar-refractivity contribution is -0.122. The third-order valence-corrected chi connectivity index (χ3v) is 4.61. The fourth-order valence-corrected chi connectivity index (χ4v) is 3.08. The Hall–Kier alpha value is -2.11. The summed E-state index contributed by atoms with van der Waals surface area (Å²) in [5.41, 5.74) is 2.21. The molecule has 3 rings (SSSR count). The average Bonchev–Trinajstić information content (AvgIpc) is 3.15. The van der Waals surface area contributed by atoms with E-state index in [1.807, 2.05) is 43.3 Å². The standard InChI is InChI=1S/C20H26N2O3/c1-16-4-6-17(7-5-16)19(15-18-3-2-12-25-18)20(23)21-8-9-22-10-13-24-14-11-22/h2-7,12,19H,8-11,13-15H2,1H3,(H,21,23). The van der Waals surface area contributed by atoms with Gasteiger partial charge in [-0.2, -0.15) is 0 Å². The van der Waals surface area contributed by atoms with E-state index in [2.05, 4.69) is 10.2 Å². The summed E-state index contributed by atoms with van der Waals surface area (Å²) < 4.78 is 10.8. The van der Waals surface area contributed by atoms with E-state index in [4.69, 9.17) is 9.15 Å². The number of benzene rings is 1. The molecule has 1 aromatic carbocycles. The van der Waals surface area contributed by atoms with Crippen LogP contribution >= 0.6 is 0 Å². The number of hydrogen-bond donors (Lipinski definition) is 1. The van der Waals surface area contributed by atoms with Gasteiger partial charge in [0.15, 0.2) is 0 Å². The Labute approximate surface area is 149 Å². The van der Waals surface area contributed by atoms with E-state index in [1.54, 1.807) is 6.26 Å². The SMILES string of the molecule is Cc1ccc(C(Cc2ccco2)C(=O)NCCN2CCOCC2)cc1. The molecule has 1 fully saturated rings. The number of morpholine rings is 1. The van der Waals surface area contributed by atoms with Crippen LogP contribution in [-0.2, 0) is 16.0 Å². The lowest BCUT2D eigenvalue weighted by atomic mass is 9.93. The number of nitrogens with zero attached hydrogens (tertiary/aromatic N) is 1. The average molecular weight is 342 g/mol. The summed E-state index contributed by atoms with van der Waals surface area (Å²) >= 11 is 0. The second-order valence-electron chi connectivity index (χ2n) is 6.49. The molecule has 1 N–H and O–H groups in total. The molecule has 5 nitrogen and oxygen atoms in total. The predicted octanol–water partition coefficient (Wildman–Crippen LogP) is 2.36. The molecule has 1 aliphatic heterocycles. The number of nitrogens with one attached hydrogen (secondary N) is 1. The van der Waals surface area contributed by atoms with Gasteiger partial charge in [-0.25, -0.2) is 0 Å². The first kappa shape index (κ1) is 17.7. The largest absolute Gasteiger partial charge is 0.469 e. The Balaban J connectivity index is 1.61. The molecule has 0 spiro atoms. The summed E-state index contributed by atoms with van der Waals surface area (Å²) in [7, 11) is 0. The van der Waals surface area contributed by atoms with Crippen molar-refractivity contribution in [3.63, 3.8) is 0 Å². The number of amides is 1. The zero-order valence-electron chi connectivity index (χ0n) is 14.7. The van der Waals surface area contributed by atoms with Gasteiger partial charge in [-0.05, 0) is 24.6 Å². The van der Waals surface area contributed by atoms with Crippen molar-refractivity contribution in [2.75, 3.05) is 39.4 Å². The van der Waals surface area contributed by atoms with Crippen molar-refractivity contribution in [1.29, 1.82) is 0 Å². The van der Waals surface area contributed by atoms with Crippen molar-refractivity contribution in [1.82, 2.24) is 10.2 Å². The maximum absolute atomic E-state index is 12.8. The highest BCUT2D eigenvalue weighted by atomic mass is 16.5. The van der Waals surface area contributed by atoms with Crippen LogP contribution in [0.1, 0.15) is 22.8 Å². The van der Waals surface area contributed by atoms with Crippen LogP contribution in [0.2, 0.25) is 0 Å². The summed E-state index contributed by atoms with van der Waals surface area (Å²) in [6, 6.07) is 11.9. The Morgan fingerprint density at radius 2 is 1.96 bits per heavy atom. The zero-order chi connectivity index (χ0) is 17.5. The zero-order valence-corrected chi connectivity index (χ0v) is 14.7. The molecule has 1 amide bonds. The number of carbonyl (C=O) groups excluding carboxylic acids is 1. The van der Waals surface area contributed by atoms with Gasteiger partial charge in [0.2, 0.25) is 5.91 Å².